The number of fused-ring (bicyclic) bond motifs is 1. The van der Waals surface area contributed by atoms with Crippen LogP contribution in [0.2, 0.25) is 5.02 Å². The Bertz CT molecular complexity index is 864. The van der Waals surface area contributed by atoms with E-state index in [1.165, 1.54) is 0 Å². The number of anilines is 1. The van der Waals surface area contributed by atoms with E-state index < -0.39 is 0 Å². The number of aromatic nitrogens is 4. The van der Waals surface area contributed by atoms with Crippen LogP contribution in [-0.4, -0.2) is 25.3 Å². The summed E-state index contributed by atoms with van der Waals surface area (Å²) in [4.78, 5) is 12.5. The number of halogens is 1. The summed E-state index contributed by atoms with van der Waals surface area (Å²) in [6.45, 7) is 6.53. The molecule has 0 saturated heterocycles. The second-order valence-corrected chi connectivity index (χ2v) is 5.39. The van der Waals surface area contributed by atoms with Crippen LogP contribution >= 0.6 is 11.6 Å². The van der Waals surface area contributed by atoms with Crippen molar-refractivity contribution in [3.63, 3.8) is 0 Å². The molecule has 3 aromatic rings. The summed E-state index contributed by atoms with van der Waals surface area (Å²) < 4.78 is 3.43. The van der Waals surface area contributed by atoms with Gasteiger partial charge in [-0.2, -0.15) is 10.2 Å². The van der Waals surface area contributed by atoms with E-state index in [0.717, 1.165) is 17.9 Å². The lowest BCUT2D eigenvalue weighted by molar-refractivity contribution is 0.102. The van der Waals surface area contributed by atoms with Crippen molar-refractivity contribution in [3.05, 3.63) is 46.5 Å². The van der Waals surface area contributed by atoms with Crippen LogP contribution < -0.4 is 5.32 Å². The lowest BCUT2D eigenvalue weighted by Gasteiger charge is -2.04. The highest BCUT2D eigenvalue weighted by Gasteiger charge is 2.20. The molecule has 0 aliphatic heterocycles. The molecule has 6 nitrogen and oxygen atoms in total. The summed E-state index contributed by atoms with van der Waals surface area (Å²) in [6, 6.07) is 5.50. The number of nitrogens with one attached hydrogen (secondary N) is 1. The fourth-order valence-electron chi connectivity index (χ4n) is 2.47. The first-order valence-corrected chi connectivity index (χ1v) is 7.39. The van der Waals surface area contributed by atoms with Crippen molar-refractivity contribution in [1.29, 1.82) is 0 Å². The van der Waals surface area contributed by atoms with Crippen molar-refractivity contribution < 1.29 is 4.79 Å². The van der Waals surface area contributed by atoms with Crippen LogP contribution in [0.4, 0.5) is 5.69 Å². The summed E-state index contributed by atoms with van der Waals surface area (Å²) in [5.74, 6) is -0.337. The van der Waals surface area contributed by atoms with E-state index in [-0.39, 0.29) is 11.6 Å². The van der Waals surface area contributed by atoms with Crippen molar-refractivity contribution in [2.24, 2.45) is 0 Å². The van der Waals surface area contributed by atoms with Crippen molar-refractivity contribution in [2.75, 3.05) is 5.32 Å². The second kappa shape index (κ2) is 5.46. The molecule has 3 aromatic heterocycles. The number of nitrogens with zero attached hydrogens (tertiary/aromatic N) is 4. The predicted octanol–water partition coefficient (Wildman–Crippen LogP) is 3.07. The van der Waals surface area contributed by atoms with E-state index in [1.807, 2.05) is 43.7 Å². The Morgan fingerprint density at radius 3 is 2.73 bits per heavy atom. The molecule has 0 unspecified atom stereocenters. The van der Waals surface area contributed by atoms with Gasteiger partial charge in [-0.25, -0.2) is 4.52 Å². The highest BCUT2D eigenvalue weighted by molar-refractivity contribution is 6.37. The molecule has 1 amide bonds. The van der Waals surface area contributed by atoms with E-state index in [2.05, 4.69) is 15.5 Å². The van der Waals surface area contributed by atoms with Crippen LogP contribution in [0.15, 0.2) is 24.4 Å². The minimum Gasteiger partial charge on any atom is -0.317 e. The normalized spacial score (nSPS) is 11.1. The predicted molar refractivity (Wildman–Crippen MR) is 85.5 cm³/mol. The first-order valence-electron chi connectivity index (χ1n) is 7.01. The average molecular weight is 318 g/mol. The molecule has 1 N–H and O–H groups in total. The lowest BCUT2D eigenvalue weighted by Crippen LogP contribution is -2.14. The maximum absolute atomic E-state index is 12.5. The smallest absolute Gasteiger partial charge is 0.277 e. The third-order valence-electron chi connectivity index (χ3n) is 3.61. The van der Waals surface area contributed by atoms with Gasteiger partial charge in [0.25, 0.3) is 5.91 Å². The van der Waals surface area contributed by atoms with E-state index >= 15 is 0 Å². The molecule has 0 spiro atoms. The van der Waals surface area contributed by atoms with Gasteiger partial charge in [-0.15, -0.1) is 0 Å². The fourth-order valence-corrected chi connectivity index (χ4v) is 2.75. The minimum absolute atomic E-state index is 0.205. The quantitative estimate of drug-likeness (QED) is 0.807. The van der Waals surface area contributed by atoms with E-state index in [1.54, 1.807) is 10.7 Å². The Kier molecular flexibility index (Phi) is 3.62. The number of rotatable bonds is 3. The lowest BCUT2D eigenvalue weighted by atomic mass is 10.3. The number of amides is 1. The maximum atomic E-state index is 12.5. The third kappa shape index (κ3) is 2.25. The standard InChI is InChI=1S/C15H16ClN5O/c1-4-20-10(3)13(9(2)18-20)17-15(22)14-12(16)11-7-5-6-8-21(11)19-14/h5-8H,4H2,1-3H3,(H,17,22). The van der Waals surface area contributed by atoms with Gasteiger partial charge in [0.2, 0.25) is 0 Å². The SMILES string of the molecule is CCn1nc(C)c(NC(=O)c2nn3ccccc3c2Cl)c1C. The molecule has 0 saturated carbocycles. The molecule has 0 bridgehead atoms. The number of hydrogen-bond acceptors (Lipinski definition) is 3. The number of pyridine rings is 1. The van der Waals surface area contributed by atoms with Gasteiger partial charge in [0.15, 0.2) is 5.69 Å². The molecule has 114 valence electrons. The molecular formula is C15H16ClN5O. The molecule has 0 fully saturated rings. The summed E-state index contributed by atoms with van der Waals surface area (Å²) in [7, 11) is 0. The zero-order valence-electron chi connectivity index (χ0n) is 12.6. The van der Waals surface area contributed by atoms with Crippen molar-refractivity contribution in [2.45, 2.75) is 27.3 Å². The van der Waals surface area contributed by atoms with Gasteiger partial charge in [-0.1, -0.05) is 17.7 Å². The van der Waals surface area contributed by atoms with Crippen LogP contribution in [0.1, 0.15) is 28.8 Å². The number of carbonyl (C=O) groups excluding carboxylic acids is 1. The average Bonchev–Trinajstić information content (AvgIpc) is 2.99. The molecule has 0 aliphatic rings. The Labute approximate surface area is 132 Å². The van der Waals surface area contributed by atoms with Crippen LogP contribution in [0.3, 0.4) is 0 Å². The summed E-state index contributed by atoms with van der Waals surface area (Å²) in [5, 5.41) is 11.8. The molecular weight excluding hydrogens is 302 g/mol. The molecule has 0 radical (unpaired) electrons. The summed E-state index contributed by atoms with van der Waals surface area (Å²) >= 11 is 6.27. The first kappa shape index (κ1) is 14.6. The number of aryl methyl sites for hydroxylation is 2. The molecule has 7 heteroatoms. The Morgan fingerprint density at radius 1 is 1.32 bits per heavy atom. The summed E-state index contributed by atoms with van der Waals surface area (Å²) in [5.41, 5.74) is 3.30. The Morgan fingerprint density at radius 2 is 2.09 bits per heavy atom. The van der Waals surface area contributed by atoms with Crippen LogP contribution in [0, 0.1) is 13.8 Å². The van der Waals surface area contributed by atoms with Gasteiger partial charge in [-0.05, 0) is 32.9 Å². The number of carbonyl (C=O) groups is 1. The van der Waals surface area contributed by atoms with E-state index in [4.69, 9.17) is 11.6 Å². The molecule has 22 heavy (non-hydrogen) atoms. The highest BCUT2D eigenvalue weighted by Crippen LogP contribution is 2.24. The van der Waals surface area contributed by atoms with E-state index in [9.17, 15) is 4.79 Å². The monoisotopic (exact) mass is 317 g/mol. The fraction of sp³-hybridized carbons (Fsp3) is 0.267. The van der Waals surface area contributed by atoms with Gasteiger partial charge in [0.1, 0.15) is 0 Å². The van der Waals surface area contributed by atoms with Crippen molar-refractivity contribution in [1.82, 2.24) is 19.4 Å². The molecule has 0 aromatic carbocycles. The molecule has 3 rings (SSSR count). The zero-order valence-corrected chi connectivity index (χ0v) is 13.3. The second-order valence-electron chi connectivity index (χ2n) is 5.01. The van der Waals surface area contributed by atoms with Crippen molar-refractivity contribution in [3.8, 4) is 0 Å². The largest absolute Gasteiger partial charge is 0.317 e. The molecule has 0 aliphatic carbocycles. The van der Waals surface area contributed by atoms with Crippen LogP contribution in [0.5, 0.6) is 0 Å². The van der Waals surface area contributed by atoms with Gasteiger partial charge < -0.3 is 5.32 Å². The van der Waals surface area contributed by atoms with Gasteiger partial charge in [-0.3, -0.25) is 9.48 Å². The third-order valence-corrected chi connectivity index (χ3v) is 3.99. The first-order chi connectivity index (χ1) is 10.5. The van der Waals surface area contributed by atoms with Crippen molar-refractivity contribution >= 4 is 28.7 Å². The van der Waals surface area contributed by atoms with Gasteiger partial charge >= 0.3 is 0 Å². The Balaban J connectivity index is 1.97. The Hall–Kier alpha value is -2.34. The van der Waals surface area contributed by atoms with Crippen LogP contribution in [-0.2, 0) is 6.54 Å². The topological polar surface area (TPSA) is 64.2 Å². The zero-order chi connectivity index (χ0) is 15.9. The number of hydrogen-bond donors (Lipinski definition) is 1. The van der Waals surface area contributed by atoms with Gasteiger partial charge in [0, 0.05) is 12.7 Å². The molecule has 3 heterocycles. The molecule has 0 atom stereocenters. The van der Waals surface area contributed by atoms with Gasteiger partial charge in [0.05, 0.1) is 27.6 Å². The highest BCUT2D eigenvalue weighted by atomic mass is 35.5. The summed E-state index contributed by atoms with van der Waals surface area (Å²) in [6.07, 6.45) is 1.75. The van der Waals surface area contributed by atoms with E-state index in [0.29, 0.717) is 16.2 Å². The maximum Gasteiger partial charge on any atom is 0.277 e. The minimum atomic E-state index is -0.337. The van der Waals surface area contributed by atoms with Crippen LogP contribution in [0.25, 0.3) is 5.52 Å².